The number of halogens is 1. The van der Waals surface area contributed by atoms with Gasteiger partial charge in [0.1, 0.15) is 11.5 Å². The zero-order valence-corrected chi connectivity index (χ0v) is 24.0. The van der Waals surface area contributed by atoms with Crippen LogP contribution in [-0.4, -0.2) is 38.4 Å². The van der Waals surface area contributed by atoms with E-state index in [4.69, 9.17) is 30.5 Å². The van der Waals surface area contributed by atoms with Crippen molar-refractivity contribution in [3.63, 3.8) is 0 Å². The highest BCUT2D eigenvalue weighted by Gasteiger charge is 2.19. The number of unbranched alkanes of at least 4 members (excludes halogenated alkanes) is 8. The van der Waals surface area contributed by atoms with Crippen LogP contribution in [0.4, 0.5) is 0 Å². The van der Waals surface area contributed by atoms with E-state index in [1.807, 2.05) is 30.3 Å². The van der Waals surface area contributed by atoms with Crippen molar-refractivity contribution in [3.8, 4) is 11.5 Å². The molecule has 3 aromatic carbocycles. The van der Waals surface area contributed by atoms with E-state index in [-0.39, 0.29) is 13.2 Å². The van der Waals surface area contributed by atoms with Gasteiger partial charge in [-0.3, -0.25) is 0 Å². The normalized spacial score (nSPS) is 11.1. The van der Waals surface area contributed by atoms with Gasteiger partial charge in [-0.2, -0.15) is 0 Å². The van der Waals surface area contributed by atoms with Gasteiger partial charge >= 0.3 is 11.9 Å². The second kappa shape index (κ2) is 16.9. The van der Waals surface area contributed by atoms with Gasteiger partial charge in [0.05, 0.1) is 13.2 Å². The van der Waals surface area contributed by atoms with Gasteiger partial charge in [0, 0.05) is 26.6 Å². The molecule has 0 unspecified atom stereocenters. The van der Waals surface area contributed by atoms with Crippen molar-refractivity contribution in [3.05, 3.63) is 47.5 Å². The van der Waals surface area contributed by atoms with Gasteiger partial charge in [0.25, 0.3) is 0 Å². The molecule has 0 fully saturated rings. The van der Waals surface area contributed by atoms with E-state index < -0.39 is 11.9 Å². The summed E-state index contributed by atoms with van der Waals surface area (Å²) < 4.78 is 22.8. The summed E-state index contributed by atoms with van der Waals surface area (Å²) in [6.45, 7) is 4.70. The van der Waals surface area contributed by atoms with Gasteiger partial charge < -0.3 is 18.9 Å². The number of benzene rings is 3. The first kappa shape index (κ1) is 30.6. The highest BCUT2D eigenvalue weighted by atomic mass is 35.5. The van der Waals surface area contributed by atoms with Crippen LogP contribution in [0.2, 0.25) is 5.02 Å². The van der Waals surface area contributed by atoms with Gasteiger partial charge in [-0.15, -0.1) is 0 Å². The summed E-state index contributed by atoms with van der Waals surface area (Å²) in [5.41, 5.74) is 0. The van der Waals surface area contributed by atoms with Crippen molar-refractivity contribution in [1.82, 2.24) is 0 Å². The molecule has 0 saturated heterocycles. The molecule has 3 rings (SSSR count). The monoisotopic (exact) mass is 556 g/mol. The van der Waals surface area contributed by atoms with Crippen LogP contribution in [-0.2, 0) is 19.1 Å². The van der Waals surface area contributed by atoms with Crippen molar-refractivity contribution in [2.24, 2.45) is 0 Å². The minimum absolute atomic E-state index is 0.207. The van der Waals surface area contributed by atoms with Crippen LogP contribution >= 0.6 is 11.6 Å². The number of hydrogen-bond donors (Lipinski definition) is 0. The molecule has 7 heteroatoms. The number of esters is 2. The van der Waals surface area contributed by atoms with Crippen LogP contribution in [0.3, 0.4) is 0 Å². The molecule has 0 bridgehead atoms. The first-order chi connectivity index (χ1) is 19.0. The summed E-state index contributed by atoms with van der Waals surface area (Å²) in [5.74, 6) is 0.237. The standard InChI is InChI=1S/C32H41ClO6/c1-3-5-7-9-13-19-36-29(34)22-38-31-25-15-11-12-16-26(25)32(28-21-24(33)17-18-27(28)31)39-23-30(35)37-20-14-10-8-6-4-2/h11-12,15-18,21H,3-10,13-14,19-20,22-23H2,1-2H3. The minimum atomic E-state index is -0.414. The van der Waals surface area contributed by atoms with Gasteiger partial charge in [0.15, 0.2) is 13.2 Å². The van der Waals surface area contributed by atoms with E-state index in [9.17, 15) is 9.59 Å². The number of carbonyl (C=O) groups excluding carboxylic acids is 2. The maximum absolute atomic E-state index is 12.4. The molecular weight excluding hydrogens is 516 g/mol. The lowest BCUT2D eigenvalue weighted by Gasteiger charge is -2.18. The second-order valence-corrected chi connectivity index (χ2v) is 10.2. The fourth-order valence-corrected chi connectivity index (χ4v) is 4.68. The molecule has 0 aromatic heterocycles. The maximum atomic E-state index is 12.4. The van der Waals surface area contributed by atoms with Crippen molar-refractivity contribution in [2.75, 3.05) is 26.4 Å². The van der Waals surface area contributed by atoms with Gasteiger partial charge in [-0.05, 0) is 31.0 Å². The first-order valence-corrected chi connectivity index (χ1v) is 14.6. The Morgan fingerprint density at radius 1 is 0.615 bits per heavy atom. The lowest BCUT2D eigenvalue weighted by Crippen LogP contribution is -2.17. The quantitative estimate of drug-likeness (QED) is 0.0889. The predicted octanol–water partition coefficient (Wildman–Crippen LogP) is 8.43. The smallest absolute Gasteiger partial charge is 0.344 e. The van der Waals surface area contributed by atoms with Crippen molar-refractivity contribution < 1.29 is 28.5 Å². The fourth-order valence-electron chi connectivity index (χ4n) is 4.51. The van der Waals surface area contributed by atoms with Crippen molar-refractivity contribution >= 4 is 45.1 Å². The Morgan fingerprint density at radius 3 is 1.59 bits per heavy atom. The average Bonchev–Trinajstić information content (AvgIpc) is 2.94. The second-order valence-electron chi connectivity index (χ2n) is 9.74. The molecule has 0 aliphatic heterocycles. The van der Waals surface area contributed by atoms with Crippen LogP contribution in [0.25, 0.3) is 21.5 Å². The van der Waals surface area contributed by atoms with Gasteiger partial charge in [-0.1, -0.05) is 101 Å². The lowest BCUT2D eigenvalue weighted by molar-refractivity contribution is -0.147. The number of rotatable bonds is 18. The van der Waals surface area contributed by atoms with E-state index >= 15 is 0 Å². The molecule has 0 atom stereocenters. The zero-order valence-electron chi connectivity index (χ0n) is 23.3. The fraction of sp³-hybridized carbons (Fsp3) is 0.500. The molecule has 0 amide bonds. The number of carbonyl (C=O) groups is 2. The third-order valence-electron chi connectivity index (χ3n) is 6.58. The van der Waals surface area contributed by atoms with Crippen LogP contribution in [0.5, 0.6) is 11.5 Å². The molecule has 0 aliphatic carbocycles. The Labute approximate surface area is 236 Å². The molecule has 0 radical (unpaired) electrons. The SMILES string of the molecule is CCCCCCCOC(=O)COc1c2ccccc2c(OCC(=O)OCCCCCCC)c2cc(Cl)ccc12. The van der Waals surface area contributed by atoms with Crippen LogP contribution in [0.15, 0.2) is 42.5 Å². The summed E-state index contributed by atoms with van der Waals surface area (Å²) in [5, 5.41) is 3.45. The largest absolute Gasteiger partial charge is 0.481 e. The third-order valence-corrected chi connectivity index (χ3v) is 6.81. The Bertz CT molecular complexity index is 1210. The number of ether oxygens (including phenoxy) is 4. The van der Waals surface area contributed by atoms with E-state index in [2.05, 4.69) is 13.8 Å². The molecule has 0 spiro atoms. The van der Waals surface area contributed by atoms with Crippen LogP contribution < -0.4 is 9.47 Å². The Kier molecular flexibility index (Phi) is 13.2. The average molecular weight is 557 g/mol. The first-order valence-electron chi connectivity index (χ1n) is 14.3. The summed E-state index contributed by atoms with van der Waals surface area (Å²) in [7, 11) is 0. The van der Waals surface area contributed by atoms with Crippen molar-refractivity contribution in [1.29, 1.82) is 0 Å². The highest BCUT2D eigenvalue weighted by molar-refractivity contribution is 6.31. The van der Waals surface area contributed by atoms with E-state index in [1.165, 1.54) is 25.7 Å². The lowest BCUT2D eigenvalue weighted by atomic mass is 10.0. The molecule has 6 nitrogen and oxygen atoms in total. The van der Waals surface area contributed by atoms with Crippen LogP contribution in [0, 0.1) is 0 Å². The Balaban J connectivity index is 1.71. The third kappa shape index (κ3) is 9.61. The summed E-state index contributed by atoms with van der Waals surface area (Å²) in [6.07, 6.45) is 10.8. The van der Waals surface area contributed by atoms with E-state index in [1.54, 1.807) is 12.1 Å². The van der Waals surface area contributed by atoms with Gasteiger partial charge in [-0.25, -0.2) is 9.59 Å². The van der Waals surface area contributed by atoms with E-state index in [0.717, 1.165) is 54.7 Å². The maximum Gasteiger partial charge on any atom is 0.344 e. The van der Waals surface area contributed by atoms with Gasteiger partial charge in [0.2, 0.25) is 0 Å². The molecule has 0 N–H and O–H groups in total. The van der Waals surface area contributed by atoms with Crippen molar-refractivity contribution in [2.45, 2.75) is 78.1 Å². The summed E-state index contributed by atoms with van der Waals surface area (Å²) in [6, 6.07) is 12.9. The van der Waals surface area contributed by atoms with E-state index in [0.29, 0.717) is 35.1 Å². The zero-order chi connectivity index (χ0) is 27.9. The molecule has 212 valence electrons. The molecule has 0 saturated carbocycles. The summed E-state index contributed by atoms with van der Waals surface area (Å²) in [4.78, 5) is 24.8. The molecule has 3 aromatic rings. The Morgan fingerprint density at radius 2 is 1.08 bits per heavy atom. The molecule has 39 heavy (non-hydrogen) atoms. The van der Waals surface area contributed by atoms with Crippen LogP contribution in [0.1, 0.15) is 78.1 Å². The Hall–Kier alpha value is -2.99. The minimum Gasteiger partial charge on any atom is -0.481 e. The molecule has 0 aliphatic rings. The number of hydrogen-bond acceptors (Lipinski definition) is 6. The topological polar surface area (TPSA) is 71.1 Å². The highest BCUT2D eigenvalue weighted by Crippen LogP contribution is 2.43. The predicted molar refractivity (Wildman–Crippen MR) is 157 cm³/mol. The molecule has 0 heterocycles. The number of fused-ring (bicyclic) bond motifs is 2. The summed E-state index contributed by atoms with van der Waals surface area (Å²) >= 11 is 6.35. The molecular formula is C32H41ClO6.